The second-order valence-electron chi connectivity index (χ2n) is 4.31. The Balaban J connectivity index is 2.16. The summed E-state index contributed by atoms with van der Waals surface area (Å²) in [7, 11) is 0. The number of aliphatic hydroxyl groups is 1. The molecule has 2 atom stereocenters. The molecule has 1 saturated carbocycles. The molecule has 70 valence electrons. The summed E-state index contributed by atoms with van der Waals surface area (Å²) in [6.07, 6.45) is 0.291. The molecular weight excluding hydrogens is 154 g/mol. The molecule has 0 saturated heterocycles. The molecule has 0 heterocycles. The SMILES string of the molecule is C[C@H](O)C(=O)NCC1CC1(C)C. The van der Waals surface area contributed by atoms with Crippen LogP contribution < -0.4 is 5.32 Å². The Morgan fingerprint density at radius 2 is 2.25 bits per heavy atom. The highest BCUT2D eigenvalue weighted by molar-refractivity contribution is 5.79. The minimum absolute atomic E-state index is 0.266. The highest BCUT2D eigenvalue weighted by Gasteiger charge is 2.45. The minimum atomic E-state index is -0.883. The maximum absolute atomic E-state index is 10.9. The minimum Gasteiger partial charge on any atom is -0.384 e. The standard InChI is InChI=1S/C9H17NO2/c1-6(11)8(12)10-5-7-4-9(7,2)3/h6-7,11H,4-5H2,1-3H3,(H,10,12)/t6-,7?/m0/s1. The van der Waals surface area contributed by atoms with E-state index in [1.807, 2.05) is 0 Å². The van der Waals surface area contributed by atoms with Gasteiger partial charge in [0.25, 0.3) is 0 Å². The van der Waals surface area contributed by atoms with Gasteiger partial charge in [-0.15, -0.1) is 0 Å². The van der Waals surface area contributed by atoms with Crippen LogP contribution in [0.1, 0.15) is 27.2 Å². The van der Waals surface area contributed by atoms with Crippen molar-refractivity contribution in [1.29, 1.82) is 0 Å². The van der Waals surface area contributed by atoms with E-state index in [9.17, 15) is 4.79 Å². The lowest BCUT2D eigenvalue weighted by Crippen LogP contribution is -2.34. The highest BCUT2D eigenvalue weighted by atomic mass is 16.3. The topological polar surface area (TPSA) is 49.3 Å². The Hall–Kier alpha value is -0.570. The second-order valence-corrected chi connectivity index (χ2v) is 4.31. The zero-order valence-corrected chi connectivity index (χ0v) is 7.92. The van der Waals surface area contributed by atoms with Crippen LogP contribution in [0.25, 0.3) is 0 Å². The maximum atomic E-state index is 10.9. The van der Waals surface area contributed by atoms with Gasteiger partial charge in [0.15, 0.2) is 0 Å². The van der Waals surface area contributed by atoms with E-state index in [0.29, 0.717) is 17.9 Å². The molecule has 1 fully saturated rings. The van der Waals surface area contributed by atoms with Gasteiger partial charge in [-0.3, -0.25) is 4.79 Å². The number of carbonyl (C=O) groups excluding carboxylic acids is 1. The summed E-state index contributed by atoms with van der Waals surface area (Å²) < 4.78 is 0. The van der Waals surface area contributed by atoms with Crippen molar-refractivity contribution in [3.05, 3.63) is 0 Å². The monoisotopic (exact) mass is 171 g/mol. The molecule has 1 aliphatic carbocycles. The number of hydrogen-bond donors (Lipinski definition) is 2. The molecule has 0 aromatic carbocycles. The third-order valence-electron chi connectivity index (χ3n) is 2.62. The Labute approximate surface area is 73.2 Å². The van der Waals surface area contributed by atoms with Crippen LogP contribution in [-0.4, -0.2) is 23.7 Å². The summed E-state index contributed by atoms with van der Waals surface area (Å²) in [6, 6.07) is 0. The van der Waals surface area contributed by atoms with Crippen LogP contribution in [0.15, 0.2) is 0 Å². The lowest BCUT2D eigenvalue weighted by Gasteiger charge is -2.07. The fourth-order valence-electron chi connectivity index (χ4n) is 1.30. The summed E-state index contributed by atoms with van der Waals surface area (Å²) >= 11 is 0. The third-order valence-corrected chi connectivity index (χ3v) is 2.62. The van der Waals surface area contributed by atoms with Crippen molar-refractivity contribution in [2.75, 3.05) is 6.54 Å². The molecule has 0 aromatic heterocycles. The lowest BCUT2D eigenvalue weighted by molar-refractivity contribution is -0.128. The summed E-state index contributed by atoms with van der Waals surface area (Å²) in [5.74, 6) is 0.331. The normalized spacial score (nSPS) is 27.8. The number of amides is 1. The molecule has 1 unspecified atom stereocenters. The predicted octanol–water partition coefficient (Wildman–Crippen LogP) is 0.529. The first-order chi connectivity index (χ1) is 5.43. The Kier molecular flexibility index (Phi) is 2.42. The molecule has 12 heavy (non-hydrogen) atoms. The third kappa shape index (κ3) is 2.21. The van der Waals surface area contributed by atoms with Crippen molar-refractivity contribution in [2.24, 2.45) is 11.3 Å². The molecule has 0 aromatic rings. The van der Waals surface area contributed by atoms with Gasteiger partial charge in [-0.1, -0.05) is 13.8 Å². The molecule has 0 bridgehead atoms. The van der Waals surface area contributed by atoms with E-state index in [0.717, 1.165) is 0 Å². The average molecular weight is 171 g/mol. The van der Waals surface area contributed by atoms with Gasteiger partial charge in [0, 0.05) is 6.54 Å². The zero-order chi connectivity index (χ0) is 9.35. The number of hydrogen-bond acceptors (Lipinski definition) is 2. The van der Waals surface area contributed by atoms with E-state index in [1.54, 1.807) is 0 Å². The van der Waals surface area contributed by atoms with Gasteiger partial charge in [0.05, 0.1) is 0 Å². The predicted molar refractivity (Wildman–Crippen MR) is 46.6 cm³/mol. The first kappa shape index (κ1) is 9.52. The first-order valence-corrected chi connectivity index (χ1v) is 4.39. The number of rotatable bonds is 3. The molecule has 3 heteroatoms. The van der Waals surface area contributed by atoms with Crippen LogP contribution in [0.3, 0.4) is 0 Å². The Morgan fingerprint density at radius 3 is 2.58 bits per heavy atom. The largest absolute Gasteiger partial charge is 0.384 e. The Morgan fingerprint density at radius 1 is 1.75 bits per heavy atom. The van der Waals surface area contributed by atoms with E-state index in [4.69, 9.17) is 5.11 Å². The summed E-state index contributed by atoms with van der Waals surface area (Å²) in [6.45, 7) is 6.56. The van der Waals surface area contributed by atoms with Gasteiger partial charge in [-0.05, 0) is 24.7 Å². The average Bonchev–Trinajstić information content (AvgIpc) is 2.54. The van der Waals surface area contributed by atoms with Gasteiger partial charge in [0.1, 0.15) is 6.10 Å². The van der Waals surface area contributed by atoms with E-state index in [2.05, 4.69) is 19.2 Å². The van der Waals surface area contributed by atoms with Crippen molar-refractivity contribution >= 4 is 5.91 Å². The van der Waals surface area contributed by atoms with Crippen molar-refractivity contribution in [3.8, 4) is 0 Å². The molecule has 0 aliphatic heterocycles. The van der Waals surface area contributed by atoms with Crippen molar-refractivity contribution in [3.63, 3.8) is 0 Å². The molecule has 1 aliphatic rings. The molecule has 2 N–H and O–H groups in total. The quantitative estimate of drug-likeness (QED) is 0.650. The van der Waals surface area contributed by atoms with Gasteiger partial charge >= 0.3 is 0 Å². The summed E-state index contributed by atoms with van der Waals surface area (Å²) in [5, 5.41) is 11.6. The molecule has 3 nitrogen and oxygen atoms in total. The van der Waals surface area contributed by atoms with Crippen molar-refractivity contribution in [1.82, 2.24) is 5.32 Å². The highest BCUT2D eigenvalue weighted by Crippen LogP contribution is 2.50. The number of carbonyl (C=O) groups is 1. The van der Waals surface area contributed by atoms with E-state index >= 15 is 0 Å². The number of aliphatic hydroxyl groups excluding tert-OH is 1. The summed E-state index contributed by atoms with van der Waals surface area (Å²) in [5.41, 5.74) is 0.395. The smallest absolute Gasteiger partial charge is 0.248 e. The van der Waals surface area contributed by atoms with Crippen LogP contribution in [0.4, 0.5) is 0 Å². The van der Waals surface area contributed by atoms with Crippen LogP contribution in [0.5, 0.6) is 0 Å². The van der Waals surface area contributed by atoms with Gasteiger partial charge < -0.3 is 10.4 Å². The van der Waals surface area contributed by atoms with Crippen LogP contribution in [0.2, 0.25) is 0 Å². The molecule has 0 spiro atoms. The fraction of sp³-hybridized carbons (Fsp3) is 0.889. The zero-order valence-electron chi connectivity index (χ0n) is 7.92. The Bertz CT molecular complexity index is 187. The van der Waals surface area contributed by atoms with E-state index in [-0.39, 0.29) is 5.91 Å². The molecule has 0 radical (unpaired) electrons. The van der Waals surface area contributed by atoms with Gasteiger partial charge in [-0.2, -0.15) is 0 Å². The van der Waals surface area contributed by atoms with Gasteiger partial charge in [-0.25, -0.2) is 0 Å². The van der Waals surface area contributed by atoms with Crippen molar-refractivity contribution < 1.29 is 9.90 Å². The van der Waals surface area contributed by atoms with Gasteiger partial charge in [0.2, 0.25) is 5.91 Å². The molecular formula is C9H17NO2. The summed E-state index contributed by atoms with van der Waals surface area (Å²) in [4.78, 5) is 10.9. The fourth-order valence-corrected chi connectivity index (χ4v) is 1.30. The molecule has 1 amide bonds. The maximum Gasteiger partial charge on any atom is 0.248 e. The lowest BCUT2D eigenvalue weighted by atomic mass is 10.1. The van der Waals surface area contributed by atoms with E-state index in [1.165, 1.54) is 13.3 Å². The van der Waals surface area contributed by atoms with E-state index < -0.39 is 6.10 Å². The van der Waals surface area contributed by atoms with Crippen LogP contribution in [0, 0.1) is 11.3 Å². The van der Waals surface area contributed by atoms with Crippen LogP contribution >= 0.6 is 0 Å². The number of nitrogens with one attached hydrogen (secondary N) is 1. The van der Waals surface area contributed by atoms with Crippen LogP contribution in [-0.2, 0) is 4.79 Å². The first-order valence-electron chi connectivity index (χ1n) is 4.39. The molecule has 1 rings (SSSR count). The second kappa shape index (κ2) is 3.05. The van der Waals surface area contributed by atoms with Crippen molar-refractivity contribution in [2.45, 2.75) is 33.3 Å².